The Labute approximate surface area is 117 Å². The van der Waals surface area contributed by atoms with Crippen LogP contribution in [0.15, 0.2) is 24.3 Å². The first-order chi connectivity index (χ1) is 9.40. The third-order valence-corrected chi connectivity index (χ3v) is 3.67. The molecule has 6 heteroatoms. The first-order valence-electron chi connectivity index (χ1n) is 6.68. The summed E-state index contributed by atoms with van der Waals surface area (Å²) in [6.45, 7) is 5.38. The van der Waals surface area contributed by atoms with Crippen LogP contribution in [-0.2, 0) is 10.3 Å². The minimum absolute atomic E-state index is 0.00678. The van der Waals surface area contributed by atoms with Crippen LogP contribution in [0.1, 0.15) is 25.8 Å². The van der Waals surface area contributed by atoms with Gasteiger partial charge in [-0.3, -0.25) is 14.9 Å². The standard InChI is InChI=1S/C14H19N3O3/c1-14(2,16-13(18)10-7-8-15-9-10)11-3-5-12(6-4-11)17(19)20/h3-6,10,15H,7-9H2,1-2H3,(H,16,18). The molecule has 1 aromatic carbocycles. The van der Waals surface area contributed by atoms with E-state index in [-0.39, 0.29) is 17.5 Å². The summed E-state index contributed by atoms with van der Waals surface area (Å²) in [5.74, 6) is 0.0330. The third kappa shape index (κ3) is 3.14. The van der Waals surface area contributed by atoms with Gasteiger partial charge in [0.05, 0.1) is 16.4 Å². The molecule has 20 heavy (non-hydrogen) atoms. The van der Waals surface area contributed by atoms with Gasteiger partial charge in [0.2, 0.25) is 5.91 Å². The molecule has 2 N–H and O–H groups in total. The van der Waals surface area contributed by atoms with Crippen LogP contribution in [0.2, 0.25) is 0 Å². The van der Waals surface area contributed by atoms with Crippen LogP contribution in [-0.4, -0.2) is 23.9 Å². The Kier molecular flexibility index (Phi) is 4.04. The number of amides is 1. The van der Waals surface area contributed by atoms with E-state index < -0.39 is 10.5 Å². The number of non-ortho nitro benzene ring substituents is 1. The lowest BCUT2D eigenvalue weighted by Crippen LogP contribution is -2.44. The second-order valence-corrected chi connectivity index (χ2v) is 5.61. The van der Waals surface area contributed by atoms with Crippen molar-refractivity contribution in [1.82, 2.24) is 10.6 Å². The molecule has 1 aliphatic heterocycles. The second-order valence-electron chi connectivity index (χ2n) is 5.61. The number of nitrogens with one attached hydrogen (secondary N) is 2. The van der Waals surface area contributed by atoms with Crippen LogP contribution in [0.3, 0.4) is 0 Å². The van der Waals surface area contributed by atoms with Crippen molar-refractivity contribution < 1.29 is 9.72 Å². The van der Waals surface area contributed by atoms with Gasteiger partial charge in [-0.05, 0) is 44.5 Å². The molecule has 1 unspecified atom stereocenters. The molecular weight excluding hydrogens is 258 g/mol. The number of rotatable bonds is 4. The zero-order valence-electron chi connectivity index (χ0n) is 11.7. The van der Waals surface area contributed by atoms with Crippen LogP contribution >= 0.6 is 0 Å². The zero-order valence-corrected chi connectivity index (χ0v) is 11.7. The molecular formula is C14H19N3O3. The summed E-state index contributed by atoms with van der Waals surface area (Å²) in [4.78, 5) is 22.4. The second kappa shape index (κ2) is 5.58. The lowest BCUT2D eigenvalue weighted by Gasteiger charge is -2.28. The van der Waals surface area contributed by atoms with Gasteiger partial charge >= 0.3 is 0 Å². The van der Waals surface area contributed by atoms with Gasteiger partial charge in [0.1, 0.15) is 0 Å². The highest BCUT2D eigenvalue weighted by Gasteiger charge is 2.29. The number of benzene rings is 1. The van der Waals surface area contributed by atoms with E-state index in [2.05, 4.69) is 10.6 Å². The molecule has 2 rings (SSSR count). The van der Waals surface area contributed by atoms with Crippen LogP contribution in [0.4, 0.5) is 5.69 Å². The Morgan fingerprint density at radius 3 is 2.55 bits per heavy atom. The maximum Gasteiger partial charge on any atom is 0.269 e. The molecule has 6 nitrogen and oxygen atoms in total. The molecule has 1 heterocycles. The summed E-state index contributed by atoms with van der Waals surface area (Å²) in [5, 5.41) is 16.8. The maximum atomic E-state index is 12.2. The van der Waals surface area contributed by atoms with E-state index >= 15 is 0 Å². The number of hydrogen-bond donors (Lipinski definition) is 2. The quantitative estimate of drug-likeness (QED) is 0.646. The van der Waals surface area contributed by atoms with Crippen molar-refractivity contribution >= 4 is 11.6 Å². The lowest BCUT2D eigenvalue weighted by molar-refractivity contribution is -0.384. The van der Waals surface area contributed by atoms with Gasteiger partial charge in [0.15, 0.2) is 0 Å². The van der Waals surface area contributed by atoms with Crippen molar-refractivity contribution in [2.24, 2.45) is 5.92 Å². The van der Waals surface area contributed by atoms with Crippen LogP contribution < -0.4 is 10.6 Å². The van der Waals surface area contributed by atoms with E-state index in [1.54, 1.807) is 12.1 Å². The fourth-order valence-electron chi connectivity index (χ4n) is 2.36. The first-order valence-corrected chi connectivity index (χ1v) is 6.68. The average Bonchev–Trinajstić information content (AvgIpc) is 2.92. The van der Waals surface area contributed by atoms with E-state index in [0.29, 0.717) is 6.54 Å². The number of carbonyl (C=O) groups excluding carboxylic acids is 1. The van der Waals surface area contributed by atoms with E-state index in [0.717, 1.165) is 18.5 Å². The molecule has 108 valence electrons. The molecule has 0 aliphatic carbocycles. The van der Waals surface area contributed by atoms with Crippen molar-refractivity contribution in [3.05, 3.63) is 39.9 Å². The summed E-state index contributed by atoms with van der Waals surface area (Å²) < 4.78 is 0. The van der Waals surface area contributed by atoms with Crippen LogP contribution in [0.25, 0.3) is 0 Å². The molecule has 0 saturated carbocycles. The molecule has 1 saturated heterocycles. The molecule has 0 radical (unpaired) electrons. The number of carbonyl (C=O) groups is 1. The summed E-state index contributed by atoms with van der Waals surface area (Å²) in [5.41, 5.74) is 0.354. The zero-order chi connectivity index (χ0) is 14.8. The number of nitrogens with zero attached hydrogens (tertiary/aromatic N) is 1. The van der Waals surface area contributed by atoms with Gasteiger partial charge in [0.25, 0.3) is 5.69 Å². The Morgan fingerprint density at radius 1 is 1.40 bits per heavy atom. The Hall–Kier alpha value is -1.95. The number of nitro groups is 1. The molecule has 0 spiro atoms. The highest BCUT2D eigenvalue weighted by molar-refractivity contribution is 5.80. The highest BCUT2D eigenvalue weighted by Crippen LogP contribution is 2.23. The molecule has 0 aromatic heterocycles. The SMILES string of the molecule is CC(C)(NC(=O)C1CCNC1)c1ccc([N+](=O)[O-])cc1. The van der Waals surface area contributed by atoms with Crippen molar-refractivity contribution in [2.45, 2.75) is 25.8 Å². The number of nitro benzene ring substituents is 1. The lowest BCUT2D eigenvalue weighted by atomic mass is 9.93. The summed E-state index contributed by atoms with van der Waals surface area (Å²) >= 11 is 0. The van der Waals surface area contributed by atoms with Gasteiger partial charge in [-0.25, -0.2) is 0 Å². The Balaban J connectivity index is 2.08. The third-order valence-electron chi connectivity index (χ3n) is 3.67. The van der Waals surface area contributed by atoms with E-state index in [1.807, 2.05) is 13.8 Å². The van der Waals surface area contributed by atoms with Crippen molar-refractivity contribution in [3.63, 3.8) is 0 Å². The molecule has 1 atom stereocenters. The predicted octanol–water partition coefficient (Wildman–Crippen LogP) is 1.56. The van der Waals surface area contributed by atoms with Crippen molar-refractivity contribution in [1.29, 1.82) is 0 Å². The molecule has 0 bridgehead atoms. The fourth-order valence-corrected chi connectivity index (χ4v) is 2.36. The normalized spacial score (nSPS) is 18.8. The summed E-state index contributed by atoms with van der Waals surface area (Å²) in [7, 11) is 0. The van der Waals surface area contributed by atoms with Gasteiger partial charge in [0, 0.05) is 18.7 Å². The highest BCUT2D eigenvalue weighted by atomic mass is 16.6. The van der Waals surface area contributed by atoms with Gasteiger partial charge in [-0.2, -0.15) is 0 Å². The van der Waals surface area contributed by atoms with Gasteiger partial charge in [-0.1, -0.05) is 0 Å². The monoisotopic (exact) mass is 277 g/mol. The maximum absolute atomic E-state index is 12.2. The molecule has 1 amide bonds. The molecule has 1 fully saturated rings. The topological polar surface area (TPSA) is 84.3 Å². The smallest absolute Gasteiger partial charge is 0.269 e. The predicted molar refractivity (Wildman–Crippen MR) is 75.2 cm³/mol. The van der Waals surface area contributed by atoms with Gasteiger partial charge in [-0.15, -0.1) is 0 Å². The van der Waals surface area contributed by atoms with Crippen molar-refractivity contribution in [3.8, 4) is 0 Å². The van der Waals surface area contributed by atoms with Crippen molar-refractivity contribution in [2.75, 3.05) is 13.1 Å². The Morgan fingerprint density at radius 2 is 2.05 bits per heavy atom. The Bertz CT molecular complexity index is 505. The summed E-state index contributed by atoms with van der Waals surface area (Å²) in [6, 6.07) is 6.29. The largest absolute Gasteiger partial charge is 0.347 e. The van der Waals surface area contributed by atoms with E-state index in [4.69, 9.17) is 0 Å². The fraction of sp³-hybridized carbons (Fsp3) is 0.500. The van der Waals surface area contributed by atoms with Gasteiger partial charge < -0.3 is 10.6 Å². The minimum Gasteiger partial charge on any atom is -0.347 e. The van der Waals surface area contributed by atoms with E-state index in [9.17, 15) is 14.9 Å². The van der Waals surface area contributed by atoms with E-state index in [1.165, 1.54) is 12.1 Å². The minimum atomic E-state index is -0.547. The number of hydrogen-bond acceptors (Lipinski definition) is 4. The molecule has 1 aliphatic rings. The van der Waals surface area contributed by atoms with Crippen LogP contribution in [0, 0.1) is 16.0 Å². The first kappa shape index (κ1) is 14.5. The molecule has 1 aromatic rings. The average molecular weight is 277 g/mol. The summed E-state index contributed by atoms with van der Waals surface area (Å²) in [6.07, 6.45) is 0.849. The van der Waals surface area contributed by atoms with Crippen LogP contribution in [0.5, 0.6) is 0 Å².